The SMILES string of the molecule is CCOc1ccc(OCCC(=O)OCC(=O)N(C)Cc2ccccc2F)cc1. The maximum atomic E-state index is 13.6. The van der Waals surface area contributed by atoms with E-state index in [0.717, 1.165) is 5.75 Å². The Hall–Kier alpha value is -3.09. The first-order valence-corrected chi connectivity index (χ1v) is 8.98. The second kappa shape index (κ2) is 10.9. The summed E-state index contributed by atoms with van der Waals surface area (Å²) < 4.78 is 29.4. The molecule has 2 aromatic rings. The molecule has 0 aliphatic carbocycles. The summed E-state index contributed by atoms with van der Waals surface area (Å²) in [6, 6.07) is 13.3. The number of halogens is 1. The van der Waals surface area contributed by atoms with E-state index in [1.807, 2.05) is 6.92 Å². The molecule has 0 aliphatic heterocycles. The molecule has 2 aromatic carbocycles. The Morgan fingerprint density at radius 3 is 2.29 bits per heavy atom. The lowest BCUT2D eigenvalue weighted by Gasteiger charge is -2.17. The summed E-state index contributed by atoms with van der Waals surface area (Å²) in [5.74, 6) is 0.0115. The number of amides is 1. The molecule has 0 aliphatic rings. The topological polar surface area (TPSA) is 65.1 Å². The molecular formula is C21H24FNO5. The third-order valence-corrected chi connectivity index (χ3v) is 3.86. The third-order valence-electron chi connectivity index (χ3n) is 3.86. The molecule has 150 valence electrons. The first-order valence-electron chi connectivity index (χ1n) is 8.98. The monoisotopic (exact) mass is 389 g/mol. The molecule has 0 radical (unpaired) electrons. The number of likely N-dealkylation sites (N-methyl/N-ethyl adjacent to an activating group) is 1. The van der Waals surface area contributed by atoms with Crippen molar-refractivity contribution in [2.75, 3.05) is 26.9 Å². The lowest BCUT2D eigenvalue weighted by atomic mass is 10.2. The number of carbonyl (C=O) groups excluding carboxylic acids is 2. The van der Waals surface area contributed by atoms with E-state index in [0.29, 0.717) is 17.9 Å². The molecule has 1 amide bonds. The zero-order valence-corrected chi connectivity index (χ0v) is 16.0. The molecule has 0 aromatic heterocycles. The van der Waals surface area contributed by atoms with Gasteiger partial charge in [-0.3, -0.25) is 9.59 Å². The molecule has 7 heteroatoms. The predicted molar refractivity (Wildman–Crippen MR) is 102 cm³/mol. The van der Waals surface area contributed by atoms with Gasteiger partial charge in [-0.2, -0.15) is 0 Å². The van der Waals surface area contributed by atoms with Gasteiger partial charge in [-0.15, -0.1) is 0 Å². The normalized spacial score (nSPS) is 10.2. The maximum absolute atomic E-state index is 13.6. The summed E-state index contributed by atoms with van der Waals surface area (Å²) in [5.41, 5.74) is 0.397. The first kappa shape index (κ1) is 21.2. The maximum Gasteiger partial charge on any atom is 0.309 e. The van der Waals surface area contributed by atoms with E-state index < -0.39 is 18.5 Å². The van der Waals surface area contributed by atoms with Crippen molar-refractivity contribution in [2.24, 2.45) is 0 Å². The molecule has 0 fully saturated rings. The zero-order valence-electron chi connectivity index (χ0n) is 16.0. The molecular weight excluding hydrogens is 365 g/mol. The van der Waals surface area contributed by atoms with Crippen molar-refractivity contribution in [2.45, 2.75) is 19.9 Å². The van der Waals surface area contributed by atoms with Crippen LogP contribution in [0.25, 0.3) is 0 Å². The lowest BCUT2D eigenvalue weighted by Crippen LogP contribution is -2.31. The van der Waals surface area contributed by atoms with Gasteiger partial charge < -0.3 is 19.1 Å². The van der Waals surface area contributed by atoms with Crippen molar-refractivity contribution < 1.29 is 28.2 Å². The summed E-state index contributed by atoms with van der Waals surface area (Å²) in [6.07, 6.45) is 0.0114. The van der Waals surface area contributed by atoms with Crippen LogP contribution in [0.15, 0.2) is 48.5 Å². The van der Waals surface area contributed by atoms with Crippen LogP contribution in [0.1, 0.15) is 18.9 Å². The first-order chi connectivity index (χ1) is 13.5. The molecule has 0 atom stereocenters. The van der Waals surface area contributed by atoms with Gasteiger partial charge in [0, 0.05) is 19.2 Å². The van der Waals surface area contributed by atoms with Crippen LogP contribution >= 0.6 is 0 Å². The smallest absolute Gasteiger partial charge is 0.309 e. The molecule has 0 bridgehead atoms. The molecule has 2 rings (SSSR count). The molecule has 0 heterocycles. The van der Waals surface area contributed by atoms with Crippen LogP contribution < -0.4 is 9.47 Å². The van der Waals surface area contributed by atoms with Crippen LogP contribution in [0.3, 0.4) is 0 Å². The van der Waals surface area contributed by atoms with Crippen LogP contribution in [-0.4, -0.2) is 43.6 Å². The Kier molecular flexibility index (Phi) is 8.27. The second-order valence-corrected chi connectivity index (χ2v) is 6.00. The average molecular weight is 389 g/mol. The highest BCUT2D eigenvalue weighted by Crippen LogP contribution is 2.17. The van der Waals surface area contributed by atoms with E-state index in [4.69, 9.17) is 14.2 Å². The molecule has 0 saturated heterocycles. The number of esters is 1. The minimum atomic E-state index is -0.543. The number of hydrogen-bond donors (Lipinski definition) is 0. The van der Waals surface area contributed by atoms with E-state index in [1.165, 1.54) is 18.0 Å². The predicted octanol–water partition coefficient (Wildman–Crippen LogP) is 3.20. The Morgan fingerprint density at radius 2 is 1.64 bits per heavy atom. The van der Waals surface area contributed by atoms with E-state index in [2.05, 4.69) is 0 Å². The summed E-state index contributed by atoms with van der Waals surface area (Å²) in [5, 5.41) is 0. The Balaban J connectivity index is 1.67. The van der Waals surface area contributed by atoms with Crippen LogP contribution in [0.2, 0.25) is 0 Å². The summed E-state index contributed by atoms with van der Waals surface area (Å²) in [7, 11) is 1.53. The van der Waals surface area contributed by atoms with Crippen molar-refractivity contribution in [3.8, 4) is 11.5 Å². The standard InChI is InChI=1S/C21H24FNO5/c1-3-26-17-8-10-18(11-9-17)27-13-12-21(25)28-15-20(24)23(2)14-16-6-4-5-7-19(16)22/h4-11H,3,12-15H2,1-2H3. The van der Waals surface area contributed by atoms with E-state index >= 15 is 0 Å². The number of nitrogens with zero attached hydrogens (tertiary/aromatic N) is 1. The minimum Gasteiger partial charge on any atom is -0.494 e. The van der Waals surface area contributed by atoms with Gasteiger partial charge in [0.1, 0.15) is 17.3 Å². The van der Waals surface area contributed by atoms with Gasteiger partial charge in [0.05, 0.1) is 19.6 Å². The minimum absolute atomic E-state index is 0.0114. The van der Waals surface area contributed by atoms with Gasteiger partial charge in [0.15, 0.2) is 6.61 Å². The molecule has 28 heavy (non-hydrogen) atoms. The fraction of sp³-hybridized carbons (Fsp3) is 0.333. The quantitative estimate of drug-likeness (QED) is 0.584. The summed E-state index contributed by atoms with van der Waals surface area (Å²) >= 11 is 0. The van der Waals surface area contributed by atoms with Crippen molar-refractivity contribution in [1.82, 2.24) is 4.90 Å². The molecule has 0 saturated carbocycles. The second-order valence-electron chi connectivity index (χ2n) is 6.00. The van der Waals surface area contributed by atoms with Crippen molar-refractivity contribution >= 4 is 11.9 Å². The van der Waals surface area contributed by atoms with E-state index in [-0.39, 0.29) is 25.4 Å². The fourth-order valence-electron chi connectivity index (χ4n) is 2.35. The largest absolute Gasteiger partial charge is 0.494 e. The molecule has 0 unspecified atom stereocenters. The van der Waals surface area contributed by atoms with E-state index in [1.54, 1.807) is 42.5 Å². The molecule has 6 nitrogen and oxygen atoms in total. The average Bonchev–Trinajstić information content (AvgIpc) is 2.69. The van der Waals surface area contributed by atoms with Crippen molar-refractivity contribution in [3.05, 3.63) is 59.9 Å². The summed E-state index contributed by atoms with van der Waals surface area (Å²) in [6.45, 7) is 2.32. The highest BCUT2D eigenvalue weighted by atomic mass is 19.1. The Bertz CT molecular complexity index is 779. The number of carbonyl (C=O) groups is 2. The number of rotatable bonds is 10. The van der Waals surface area contributed by atoms with Gasteiger partial charge in [-0.25, -0.2) is 4.39 Å². The highest BCUT2D eigenvalue weighted by Gasteiger charge is 2.14. The Labute approximate surface area is 163 Å². The third kappa shape index (κ3) is 6.90. The highest BCUT2D eigenvalue weighted by molar-refractivity contribution is 5.80. The fourth-order valence-corrected chi connectivity index (χ4v) is 2.35. The van der Waals surface area contributed by atoms with Gasteiger partial charge in [-0.05, 0) is 37.3 Å². The number of ether oxygens (including phenoxy) is 3. The molecule has 0 N–H and O–H groups in total. The Morgan fingerprint density at radius 1 is 1.00 bits per heavy atom. The van der Waals surface area contributed by atoms with Gasteiger partial charge in [-0.1, -0.05) is 18.2 Å². The molecule has 0 spiro atoms. The van der Waals surface area contributed by atoms with Crippen LogP contribution in [0.4, 0.5) is 4.39 Å². The van der Waals surface area contributed by atoms with Crippen molar-refractivity contribution in [3.63, 3.8) is 0 Å². The van der Waals surface area contributed by atoms with E-state index in [9.17, 15) is 14.0 Å². The lowest BCUT2D eigenvalue weighted by molar-refractivity contribution is -0.152. The van der Waals surface area contributed by atoms with Crippen molar-refractivity contribution in [1.29, 1.82) is 0 Å². The van der Waals surface area contributed by atoms with Gasteiger partial charge in [0.25, 0.3) is 5.91 Å². The number of hydrogen-bond acceptors (Lipinski definition) is 5. The van der Waals surface area contributed by atoms with Crippen LogP contribution in [-0.2, 0) is 20.9 Å². The zero-order chi connectivity index (χ0) is 20.4. The van der Waals surface area contributed by atoms with Gasteiger partial charge >= 0.3 is 5.97 Å². The van der Waals surface area contributed by atoms with Crippen LogP contribution in [0.5, 0.6) is 11.5 Å². The number of benzene rings is 2. The summed E-state index contributed by atoms with van der Waals surface area (Å²) in [4.78, 5) is 25.1. The van der Waals surface area contributed by atoms with Gasteiger partial charge in [0.2, 0.25) is 0 Å². The van der Waals surface area contributed by atoms with Crippen LogP contribution in [0, 0.1) is 5.82 Å².